The lowest BCUT2D eigenvalue weighted by molar-refractivity contribution is 0.0935. The van der Waals surface area contributed by atoms with Crippen molar-refractivity contribution >= 4 is 16.9 Å². The van der Waals surface area contributed by atoms with Gasteiger partial charge in [-0.3, -0.25) is 9.59 Å². The van der Waals surface area contributed by atoms with Crippen LogP contribution in [0.25, 0.3) is 11.0 Å². The van der Waals surface area contributed by atoms with Crippen molar-refractivity contribution in [2.24, 2.45) is 0 Å². The van der Waals surface area contributed by atoms with E-state index in [1.54, 1.807) is 11.5 Å². The Morgan fingerprint density at radius 1 is 1.25 bits per heavy atom. The zero-order chi connectivity index (χ0) is 19.7. The molecule has 3 heterocycles. The van der Waals surface area contributed by atoms with Crippen LogP contribution in [0.4, 0.5) is 0 Å². The van der Waals surface area contributed by atoms with Gasteiger partial charge < -0.3 is 20.2 Å². The first kappa shape index (κ1) is 18.4. The van der Waals surface area contributed by atoms with Crippen molar-refractivity contribution in [2.45, 2.75) is 38.8 Å². The zero-order valence-electron chi connectivity index (χ0n) is 16.2. The van der Waals surface area contributed by atoms with Gasteiger partial charge >= 0.3 is 0 Å². The van der Waals surface area contributed by atoms with E-state index in [0.717, 1.165) is 37.0 Å². The molecule has 1 unspecified atom stereocenters. The van der Waals surface area contributed by atoms with Crippen LogP contribution in [0.5, 0.6) is 0 Å². The molecule has 1 aliphatic heterocycles. The van der Waals surface area contributed by atoms with Crippen LogP contribution < -0.4 is 16.2 Å². The van der Waals surface area contributed by atoms with Crippen LogP contribution in [0, 0.1) is 6.92 Å². The number of H-pyrrole nitrogens is 1. The molecule has 1 aromatic carbocycles. The Balaban J connectivity index is 1.59. The molecule has 1 fully saturated rings. The van der Waals surface area contributed by atoms with Crippen molar-refractivity contribution in [1.29, 1.82) is 0 Å². The molecule has 1 atom stereocenters. The van der Waals surface area contributed by atoms with Crippen LogP contribution in [-0.2, 0) is 0 Å². The molecule has 3 aromatic rings. The van der Waals surface area contributed by atoms with Gasteiger partial charge in [0.25, 0.3) is 11.5 Å². The van der Waals surface area contributed by atoms with Gasteiger partial charge in [-0.25, -0.2) is 4.98 Å². The van der Waals surface area contributed by atoms with Gasteiger partial charge in [0.15, 0.2) is 0 Å². The van der Waals surface area contributed by atoms with Gasteiger partial charge in [-0.1, -0.05) is 12.1 Å². The highest BCUT2D eigenvalue weighted by molar-refractivity contribution is 5.95. The molecule has 3 N–H and O–H groups in total. The Morgan fingerprint density at radius 2 is 2.00 bits per heavy atom. The van der Waals surface area contributed by atoms with Crippen LogP contribution in [0.1, 0.15) is 53.6 Å². The summed E-state index contributed by atoms with van der Waals surface area (Å²) in [5.74, 6) is 0.306. The van der Waals surface area contributed by atoms with Gasteiger partial charge in [0.2, 0.25) is 0 Å². The van der Waals surface area contributed by atoms with E-state index in [2.05, 4.69) is 20.6 Å². The molecule has 0 saturated carbocycles. The predicted molar refractivity (Wildman–Crippen MR) is 109 cm³/mol. The summed E-state index contributed by atoms with van der Waals surface area (Å²) < 4.78 is 1.72. The maximum atomic E-state index is 13.0. The number of fused-ring (bicyclic) bond motifs is 1. The van der Waals surface area contributed by atoms with E-state index in [9.17, 15) is 9.59 Å². The molecule has 1 saturated heterocycles. The molecular formula is C21H25N5O2. The fraction of sp³-hybridized carbons (Fsp3) is 0.381. The predicted octanol–water partition coefficient (Wildman–Crippen LogP) is 2.45. The number of pyridine rings is 1. The fourth-order valence-corrected chi connectivity index (χ4v) is 3.80. The summed E-state index contributed by atoms with van der Waals surface area (Å²) in [6.07, 6.45) is 3.59. The number of nitrogens with zero attached hydrogens (tertiary/aromatic N) is 2. The van der Waals surface area contributed by atoms with E-state index >= 15 is 0 Å². The standard InChI is InChI=1S/C21H25N5O2/c1-13-9-12-26(15-7-10-22-11-8-15)21(28)18(13)20(27)23-14(2)19-24-16-5-3-4-6-17(16)25-19/h3-6,9,12,14-15,22H,7-8,10-11H2,1-2H3,(H,23,27)(H,24,25). The topological polar surface area (TPSA) is 91.8 Å². The normalized spacial score (nSPS) is 16.2. The fourth-order valence-electron chi connectivity index (χ4n) is 3.80. The smallest absolute Gasteiger partial charge is 0.263 e. The molecule has 0 aliphatic carbocycles. The molecule has 0 radical (unpaired) electrons. The molecule has 4 rings (SSSR count). The molecule has 0 bridgehead atoms. The number of rotatable bonds is 4. The molecule has 1 aliphatic rings. The number of benzene rings is 1. The summed E-state index contributed by atoms with van der Waals surface area (Å²) in [6.45, 7) is 5.43. The summed E-state index contributed by atoms with van der Waals surface area (Å²) in [4.78, 5) is 33.8. The monoisotopic (exact) mass is 379 g/mol. The SMILES string of the molecule is Cc1ccn(C2CCNCC2)c(=O)c1C(=O)NC(C)c1nc2ccccc2[nH]1. The average molecular weight is 379 g/mol. The minimum absolute atomic E-state index is 0.133. The van der Waals surface area contributed by atoms with Crippen molar-refractivity contribution in [1.82, 2.24) is 25.2 Å². The summed E-state index contributed by atoms with van der Waals surface area (Å²) in [5.41, 5.74) is 2.44. The lowest BCUT2D eigenvalue weighted by Gasteiger charge is -2.25. The van der Waals surface area contributed by atoms with Crippen LogP contribution in [0.3, 0.4) is 0 Å². The third kappa shape index (κ3) is 3.45. The number of para-hydroxylation sites is 2. The van der Waals surface area contributed by atoms with Gasteiger partial charge in [0, 0.05) is 12.2 Å². The van der Waals surface area contributed by atoms with E-state index in [0.29, 0.717) is 11.4 Å². The van der Waals surface area contributed by atoms with E-state index in [-0.39, 0.29) is 29.1 Å². The minimum atomic E-state index is -0.362. The first-order valence-corrected chi connectivity index (χ1v) is 9.72. The van der Waals surface area contributed by atoms with Crippen LogP contribution in [0.2, 0.25) is 0 Å². The van der Waals surface area contributed by atoms with Gasteiger partial charge in [0.1, 0.15) is 11.4 Å². The maximum Gasteiger partial charge on any atom is 0.263 e. The number of piperidine rings is 1. The molecule has 2 aromatic heterocycles. The van der Waals surface area contributed by atoms with Gasteiger partial charge in [-0.05, 0) is 63.5 Å². The Labute approximate surface area is 163 Å². The second-order valence-electron chi connectivity index (χ2n) is 7.40. The number of aryl methyl sites for hydroxylation is 1. The first-order valence-electron chi connectivity index (χ1n) is 9.72. The zero-order valence-corrected chi connectivity index (χ0v) is 16.2. The molecule has 7 nitrogen and oxygen atoms in total. The summed E-state index contributed by atoms with van der Waals surface area (Å²) in [7, 11) is 0. The first-order chi connectivity index (χ1) is 13.5. The number of aromatic amines is 1. The lowest BCUT2D eigenvalue weighted by Crippen LogP contribution is -2.39. The second kappa shape index (κ2) is 7.59. The molecule has 1 amide bonds. The molecule has 28 heavy (non-hydrogen) atoms. The van der Waals surface area contributed by atoms with Gasteiger partial charge in [-0.15, -0.1) is 0 Å². The number of carbonyl (C=O) groups is 1. The van der Waals surface area contributed by atoms with E-state index in [1.807, 2.05) is 43.5 Å². The maximum absolute atomic E-state index is 13.0. The average Bonchev–Trinajstić information content (AvgIpc) is 3.13. The van der Waals surface area contributed by atoms with Crippen LogP contribution in [0.15, 0.2) is 41.3 Å². The Kier molecular flexibility index (Phi) is 5.00. The summed E-state index contributed by atoms with van der Waals surface area (Å²) in [6, 6.07) is 9.36. The number of carbonyl (C=O) groups excluding carboxylic acids is 1. The summed E-state index contributed by atoms with van der Waals surface area (Å²) in [5, 5.41) is 6.23. The molecule has 0 spiro atoms. The van der Waals surface area contributed by atoms with Gasteiger partial charge in [-0.2, -0.15) is 0 Å². The van der Waals surface area contributed by atoms with E-state index in [4.69, 9.17) is 0 Å². The van der Waals surface area contributed by atoms with E-state index in [1.165, 1.54) is 0 Å². The quantitative estimate of drug-likeness (QED) is 0.649. The second-order valence-corrected chi connectivity index (χ2v) is 7.40. The van der Waals surface area contributed by atoms with Crippen molar-refractivity contribution < 1.29 is 4.79 Å². The molecule has 146 valence electrons. The van der Waals surface area contributed by atoms with Crippen molar-refractivity contribution in [3.8, 4) is 0 Å². The van der Waals surface area contributed by atoms with Crippen LogP contribution >= 0.6 is 0 Å². The lowest BCUT2D eigenvalue weighted by atomic mass is 10.0. The molecule has 7 heteroatoms. The molecular weight excluding hydrogens is 354 g/mol. The van der Waals surface area contributed by atoms with Crippen LogP contribution in [-0.4, -0.2) is 33.5 Å². The third-order valence-corrected chi connectivity index (χ3v) is 5.42. The number of imidazole rings is 1. The third-order valence-electron chi connectivity index (χ3n) is 5.42. The number of nitrogens with one attached hydrogen (secondary N) is 3. The highest BCUT2D eigenvalue weighted by atomic mass is 16.2. The Morgan fingerprint density at radius 3 is 2.75 bits per heavy atom. The van der Waals surface area contributed by atoms with E-state index < -0.39 is 0 Å². The number of amides is 1. The highest BCUT2D eigenvalue weighted by Gasteiger charge is 2.23. The van der Waals surface area contributed by atoms with Crippen molar-refractivity contribution in [3.63, 3.8) is 0 Å². The Bertz CT molecular complexity index is 1030. The number of hydrogen-bond acceptors (Lipinski definition) is 4. The van der Waals surface area contributed by atoms with Crippen molar-refractivity contribution in [3.05, 3.63) is 63.8 Å². The number of aromatic nitrogens is 3. The number of hydrogen-bond donors (Lipinski definition) is 3. The summed E-state index contributed by atoms with van der Waals surface area (Å²) >= 11 is 0. The van der Waals surface area contributed by atoms with Crippen molar-refractivity contribution in [2.75, 3.05) is 13.1 Å². The Hall–Kier alpha value is -2.93. The van der Waals surface area contributed by atoms with Gasteiger partial charge in [0.05, 0.1) is 17.1 Å². The minimum Gasteiger partial charge on any atom is -0.342 e. The largest absolute Gasteiger partial charge is 0.342 e. The highest BCUT2D eigenvalue weighted by Crippen LogP contribution is 2.19.